The molecule has 0 aliphatic rings. The minimum Gasteiger partial charge on any atom is -0.507 e. The van der Waals surface area contributed by atoms with Crippen LogP contribution in [-0.4, -0.2) is 23.5 Å². The highest BCUT2D eigenvalue weighted by atomic mass is 79.9. The normalized spacial score (nSPS) is 11.1. The zero-order valence-electron chi connectivity index (χ0n) is 10.5. The Kier molecular flexibility index (Phi) is 4.51. The van der Waals surface area contributed by atoms with E-state index in [1.54, 1.807) is 26.8 Å². The first-order valence-corrected chi connectivity index (χ1v) is 6.20. The lowest BCUT2D eigenvalue weighted by Crippen LogP contribution is -2.26. The van der Waals surface area contributed by atoms with E-state index in [2.05, 4.69) is 15.9 Å². The molecule has 1 N–H and O–H groups in total. The molecule has 1 aromatic carbocycles. The van der Waals surface area contributed by atoms with E-state index in [0.717, 1.165) is 0 Å². The largest absolute Gasteiger partial charge is 0.507 e. The number of hydrogen-bond acceptors (Lipinski definition) is 4. The van der Waals surface area contributed by atoms with Crippen LogP contribution < -0.4 is 0 Å². The second-order valence-corrected chi connectivity index (χ2v) is 5.83. The fraction of sp³-hybridized carbons (Fsp3) is 0.385. The van der Waals surface area contributed by atoms with Gasteiger partial charge in [0.2, 0.25) is 0 Å². The van der Waals surface area contributed by atoms with Crippen molar-refractivity contribution in [2.75, 3.05) is 6.61 Å². The van der Waals surface area contributed by atoms with E-state index in [1.807, 2.05) is 0 Å². The number of esters is 1. The number of benzene rings is 1. The number of Topliss-reactive ketones (excluding diaryl/α,β-unsaturated/α-hetero) is 1. The summed E-state index contributed by atoms with van der Waals surface area (Å²) in [5.41, 5.74) is -0.523. The quantitative estimate of drug-likeness (QED) is 0.871. The van der Waals surface area contributed by atoms with Gasteiger partial charge in [-0.15, -0.1) is 0 Å². The minimum atomic E-state index is -0.716. The molecule has 0 aliphatic heterocycles. The summed E-state index contributed by atoms with van der Waals surface area (Å²) in [7, 11) is 0. The highest BCUT2D eigenvalue weighted by molar-refractivity contribution is 9.10. The van der Waals surface area contributed by atoms with Crippen molar-refractivity contribution in [3.05, 3.63) is 28.2 Å². The predicted octanol–water partition coefficient (Wildman–Crippen LogP) is 2.93. The van der Waals surface area contributed by atoms with Crippen LogP contribution in [0.5, 0.6) is 5.75 Å². The van der Waals surface area contributed by atoms with Crippen LogP contribution in [0.1, 0.15) is 31.1 Å². The number of phenolic OH excluding ortho intramolecular Hbond substituents is 1. The van der Waals surface area contributed by atoms with E-state index in [9.17, 15) is 14.7 Å². The molecule has 0 aromatic heterocycles. The summed E-state index contributed by atoms with van der Waals surface area (Å²) in [6.07, 6.45) is 0. The minimum absolute atomic E-state index is 0.0334. The summed E-state index contributed by atoms with van der Waals surface area (Å²) >= 11 is 3.19. The molecule has 1 rings (SSSR count). The summed E-state index contributed by atoms with van der Waals surface area (Å²) in [4.78, 5) is 23.3. The lowest BCUT2D eigenvalue weighted by atomic mass is 9.91. The number of ketones is 1. The van der Waals surface area contributed by atoms with Gasteiger partial charge in [0.05, 0.1) is 0 Å². The monoisotopic (exact) mass is 314 g/mol. The van der Waals surface area contributed by atoms with Gasteiger partial charge in [-0.05, 0) is 18.2 Å². The third-order valence-corrected chi connectivity index (χ3v) is 2.84. The maximum atomic E-state index is 11.7. The van der Waals surface area contributed by atoms with Gasteiger partial charge < -0.3 is 9.84 Å². The zero-order chi connectivity index (χ0) is 13.9. The molecule has 0 bridgehead atoms. The maximum absolute atomic E-state index is 11.7. The predicted molar refractivity (Wildman–Crippen MR) is 70.6 cm³/mol. The van der Waals surface area contributed by atoms with E-state index >= 15 is 0 Å². The van der Waals surface area contributed by atoms with E-state index < -0.39 is 11.4 Å². The van der Waals surface area contributed by atoms with Gasteiger partial charge in [0.25, 0.3) is 0 Å². The Balaban J connectivity index is 2.72. The number of carbonyl (C=O) groups is 2. The van der Waals surface area contributed by atoms with E-state index in [-0.39, 0.29) is 23.7 Å². The molecule has 0 aliphatic carbocycles. The molecule has 0 saturated heterocycles. The average molecular weight is 315 g/mol. The number of carbonyl (C=O) groups excluding carboxylic acids is 2. The second-order valence-electron chi connectivity index (χ2n) is 4.91. The fourth-order valence-corrected chi connectivity index (χ4v) is 1.46. The molecule has 0 heterocycles. The molecular formula is C13H15BrO4. The first-order valence-electron chi connectivity index (χ1n) is 5.41. The third-order valence-electron chi connectivity index (χ3n) is 2.35. The van der Waals surface area contributed by atoms with Gasteiger partial charge in [-0.2, -0.15) is 0 Å². The van der Waals surface area contributed by atoms with Crippen molar-refractivity contribution in [2.45, 2.75) is 20.8 Å². The molecule has 0 radical (unpaired) electrons. The average Bonchev–Trinajstić information content (AvgIpc) is 2.27. The summed E-state index contributed by atoms with van der Waals surface area (Å²) in [5.74, 6) is -1.07. The molecule has 0 spiro atoms. The lowest BCUT2D eigenvalue weighted by molar-refractivity contribution is -0.129. The Hall–Kier alpha value is -1.36. The SMILES string of the molecule is CC(C)(C)C(=O)COC(=O)c1cc(Br)ccc1O. The highest BCUT2D eigenvalue weighted by Crippen LogP contribution is 2.23. The molecule has 0 unspecified atom stereocenters. The maximum Gasteiger partial charge on any atom is 0.342 e. The third kappa shape index (κ3) is 3.84. The van der Waals surface area contributed by atoms with Crippen LogP contribution in [0.4, 0.5) is 0 Å². The number of ether oxygens (including phenoxy) is 1. The van der Waals surface area contributed by atoms with E-state index in [0.29, 0.717) is 4.47 Å². The number of rotatable bonds is 3. The van der Waals surface area contributed by atoms with Crippen LogP contribution in [0.2, 0.25) is 0 Å². The topological polar surface area (TPSA) is 63.6 Å². The molecule has 4 nitrogen and oxygen atoms in total. The summed E-state index contributed by atoms with van der Waals surface area (Å²) in [6, 6.07) is 4.43. The molecule has 0 amide bonds. The van der Waals surface area contributed by atoms with Crippen LogP contribution in [-0.2, 0) is 9.53 Å². The molecular weight excluding hydrogens is 300 g/mol. The summed E-state index contributed by atoms with van der Waals surface area (Å²) < 4.78 is 5.53. The second kappa shape index (κ2) is 5.52. The number of aromatic hydroxyl groups is 1. The van der Waals surface area contributed by atoms with Crippen LogP contribution in [0.3, 0.4) is 0 Å². The van der Waals surface area contributed by atoms with Gasteiger partial charge in [0.15, 0.2) is 12.4 Å². The first kappa shape index (κ1) is 14.7. The summed E-state index contributed by atoms with van der Waals surface area (Å²) in [6.45, 7) is 4.95. The Labute approximate surface area is 114 Å². The van der Waals surface area contributed by atoms with Crippen molar-refractivity contribution < 1.29 is 19.4 Å². The molecule has 0 fully saturated rings. The van der Waals surface area contributed by atoms with Crippen molar-refractivity contribution >= 4 is 27.7 Å². The van der Waals surface area contributed by atoms with Gasteiger partial charge in [-0.1, -0.05) is 36.7 Å². The van der Waals surface area contributed by atoms with Crippen molar-refractivity contribution in [2.24, 2.45) is 5.41 Å². The van der Waals surface area contributed by atoms with Crippen LogP contribution >= 0.6 is 15.9 Å². The highest BCUT2D eigenvalue weighted by Gasteiger charge is 2.23. The van der Waals surface area contributed by atoms with Gasteiger partial charge >= 0.3 is 5.97 Å². The fourth-order valence-electron chi connectivity index (χ4n) is 1.10. The molecule has 18 heavy (non-hydrogen) atoms. The number of halogens is 1. The molecule has 5 heteroatoms. The van der Waals surface area contributed by atoms with E-state index in [4.69, 9.17) is 4.74 Å². The van der Waals surface area contributed by atoms with Crippen LogP contribution in [0, 0.1) is 5.41 Å². The standard InChI is InChI=1S/C13H15BrO4/c1-13(2,3)11(16)7-18-12(17)9-6-8(14)4-5-10(9)15/h4-6,15H,7H2,1-3H3. The van der Waals surface area contributed by atoms with Gasteiger partial charge in [-0.25, -0.2) is 4.79 Å². The van der Waals surface area contributed by atoms with Crippen molar-refractivity contribution in [1.82, 2.24) is 0 Å². The molecule has 1 aromatic rings. The van der Waals surface area contributed by atoms with Gasteiger partial charge in [-0.3, -0.25) is 4.79 Å². The van der Waals surface area contributed by atoms with Gasteiger partial charge in [0.1, 0.15) is 11.3 Å². The Bertz CT molecular complexity index is 474. The Morgan fingerprint density at radius 1 is 1.33 bits per heavy atom. The van der Waals surface area contributed by atoms with E-state index in [1.165, 1.54) is 12.1 Å². The van der Waals surface area contributed by atoms with Crippen molar-refractivity contribution in [3.63, 3.8) is 0 Å². The van der Waals surface area contributed by atoms with Gasteiger partial charge in [0, 0.05) is 9.89 Å². The smallest absolute Gasteiger partial charge is 0.342 e. The van der Waals surface area contributed by atoms with Crippen molar-refractivity contribution in [3.8, 4) is 5.75 Å². The summed E-state index contributed by atoms with van der Waals surface area (Å²) in [5, 5.41) is 9.52. The lowest BCUT2D eigenvalue weighted by Gasteiger charge is -2.16. The van der Waals surface area contributed by atoms with Crippen LogP contribution in [0.15, 0.2) is 22.7 Å². The van der Waals surface area contributed by atoms with Crippen molar-refractivity contribution in [1.29, 1.82) is 0 Å². The molecule has 0 atom stereocenters. The zero-order valence-corrected chi connectivity index (χ0v) is 12.1. The van der Waals surface area contributed by atoms with Crippen LogP contribution in [0.25, 0.3) is 0 Å². The Morgan fingerprint density at radius 2 is 1.94 bits per heavy atom. The first-order chi connectivity index (χ1) is 8.21. The molecule has 0 saturated carbocycles. The number of phenols is 1. The number of hydrogen-bond donors (Lipinski definition) is 1. The Morgan fingerprint density at radius 3 is 2.50 bits per heavy atom. The molecule has 98 valence electrons.